The summed E-state index contributed by atoms with van der Waals surface area (Å²) in [5.41, 5.74) is 6.93. The lowest BCUT2D eigenvalue weighted by Crippen LogP contribution is -2.05. The van der Waals surface area contributed by atoms with Gasteiger partial charge < -0.3 is 5.73 Å². The first-order chi connectivity index (χ1) is 5.66. The topological polar surface area (TPSA) is 64.2 Å². The lowest BCUT2D eigenvalue weighted by molar-refractivity contribution is 1.16. The van der Waals surface area contributed by atoms with Gasteiger partial charge in [-0.3, -0.25) is 4.99 Å². The summed E-state index contributed by atoms with van der Waals surface area (Å²) in [6.07, 6.45) is 1.32. The molecule has 1 aromatic rings. The quantitative estimate of drug-likeness (QED) is 0.526. The smallest absolute Gasteiger partial charge is 0.143 e. The Hall–Kier alpha value is -1.16. The maximum absolute atomic E-state index is 5.79. The maximum Gasteiger partial charge on any atom is 0.143 e. The molecule has 0 bridgehead atoms. The molecule has 0 aliphatic heterocycles. The van der Waals surface area contributed by atoms with E-state index in [2.05, 4.69) is 15.0 Å². The van der Waals surface area contributed by atoms with Crippen LogP contribution in [0.5, 0.6) is 0 Å². The minimum Gasteiger partial charge on any atom is -0.383 e. The molecular weight excluding hydrogens is 176 g/mol. The third-order valence-electron chi connectivity index (χ3n) is 1.53. The summed E-state index contributed by atoms with van der Waals surface area (Å²) in [6.45, 7) is 1.81. The van der Waals surface area contributed by atoms with Crippen molar-refractivity contribution in [1.29, 1.82) is 0 Å². The number of anilines is 1. The fraction of sp³-hybridized carbons (Fsp3) is 0.286. The molecule has 0 radical (unpaired) electrons. The van der Waals surface area contributed by atoms with E-state index in [4.69, 9.17) is 17.3 Å². The first kappa shape index (κ1) is 8.93. The normalized spacial score (nSPS) is 11.8. The molecule has 0 saturated carbocycles. The van der Waals surface area contributed by atoms with Crippen LogP contribution in [-0.2, 0) is 0 Å². The molecule has 1 rings (SSSR count). The Labute approximate surface area is 75.5 Å². The van der Waals surface area contributed by atoms with Crippen LogP contribution >= 0.6 is 11.6 Å². The summed E-state index contributed by atoms with van der Waals surface area (Å²) < 4.78 is 0. The Morgan fingerprint density at radius 2 is 2.25 bits per heavy atom. The van der Waals surface area contributed by atoms with Gasteiger partial charge in [-0.15, -0.1) is 0 Å². The number of rotatable bonds is 1. The van der Waals surface area contributed by atoms with E-state index >= 15 is 0 Å². The fourth-order valence-electron chi connectivity index (χ4n) is 0.823. The largest absolute Gasteiger partial charge is 0.383 e. The van der Waals surface area contributed by atoms with Crippen molar-refractivity contribution >= 4 is 23.1 Å². The van der Waals surface area contributed by atoms with Crippen molar-refractivity contribution in [2.24, 2.45) is 4.99 Å². The van der Waals surface area contributed by atoms with Crippen molar-refractivity contribution in [3.8, 4) is 0 Å². The highest BCUT2D eigenvalue weighted by molar-refractivity contribution is 6.33. The van der Waals surface area contributed by atoms with Crippen molar-refractivity contribution in [2.75, 3.05) is 12.8 Å². The van der Waals surface area contributed by atoms with Gasteiger partial charge in [0.1, 0.15) is 17.3 Å². The van der Waals surface area contributed by atoms with E-state index in [-0.39, 0.29) is 0 Å². The van der Waals surface area contributed by atoms with E-state index in [9.17, 15) is 0 Å². The fourth-order valence-corrected chi connectivity index (χ4v) is 1.10. The summed E-state index contributed by atoms with van der Waals surface area (Å²) in [7, 11) is 1.66. The van der Waals surface area contributed by atoms with Crippen molar-refractivity contribution in [3.05, 3.63) is 17.0 Å². The number of nitrogens with zero attached hydrogens (tertiary/aromatic N) is 3. The Balaban J connectivity index is 3.31. The lowest BCUT2D eigenvalue weighted by Gasteiger charge is -2.03. The van der Waals surface area contributed by atoms with E-state index in [1.807, 2.05) is 0 Å². The molecule has 0 aliphatic rings. The van der Waals surface area contributed by atoms with Crippen LogP contribution in [0.2, 0.25) is 5.15 Å². The third kappa shape index (κ3) is 1.53. The van der Waals surface area contributed by atoms with Gasteiger partial charge in [0.15, 0.2) is 0 Å². The highest BCUT2D eigenvalue weighted by atomic mass is 35.5. The Bertz CT molecular complexity index is 301. The average molecular weight is 185 g/mol. The molecule has 0 atom stereocenters. The van der Waals surface area contributed by atoms with Crippen LogP contribution in [0.25, 0.3) is 0 Å². The number of halogens is 1. The molecule has 0 saturated heterocycles. The molecule has 0 fully saturated rings. The number of aliphatic imine (C=N–C) groups is 1. The van der Waals surface area contributed by atoms with Crippen LogP contribution in [0.4, 0.5) is 5.82 Å². The minimum absolute atomic E-state index is 0.339. The zero-order chi connectivity index (χ0) is 9.14. The average Bonchev–Trinajstić information content (AvgIpc) is 2.03. The van der Waals surface area contributed by atoms with Gasteiger partial charge in [-0.05, 0) is 6.92 Å². The number of nitrogen functional groups attached to an aromatic ring is 1. The number of aromatic nitrogens is 2. The predicted octanol–water partition coefficient (Wildman–Crippen LogP) is 1.15. The molecule has 1 aromatic heterocycles. The summed E-state index contributed by atoms with van der Waals surface area (Å²) >= 11 is 5.79. The van der Waals surface area contributed by atoms with Crippen LogP contribution in [0, 0.1) is 0 Å². The SMILES string of the molecule is CN=C(C)c1c(N)ncnc1Cl. The molecule has 1 heterocycles. The Kier molecular flexibility index (Phi) is 2.60. The standard InChI is InChI=1S/C7H9ClN4/c1-4(10-2)5-6(8)11-3-12-7(5)9/h3H,1-2H3,(H2,9,11,12). The molecule has 4 nitrogen and oxygen atoms in total. The molecule has 0 aliphatic carbocycles. The lowest BCUT2D eigenvalue weighted by atomic mass is 10.2. The van der Waals surface area contributed by atoms with Crippen molar-refractivity contribution in [1.82, 2.24) is 9.97 Å². The van der Waals surface area contributed by atoms with E-state index in [0.717, 1.165) is 5.71 Å². The molecule has 0 spiro atoms. The molecule has 2 N–H and O–H groups in total. The number of hydrogen-bond donors (Lipinski definition) is 1. The highest BCUT2D eigenvalue weighted by Gasteiger charge is 2.08. The van der Waals surface area contributed by atoms with Gasteiger partial charge >= 0.3 is 0 Å². The zero-order valence-corrected chi connectivity index (χ0v) is 7.63. The molecule has 0 unspecified atom stereocenters. The van der Waals surface area contributed by atoms with Gasteiger partial charge in [-0.1, -0.05) is 11.6 Å². The predicted molar refractivity (Wildman–Crippen MR) is 49.6 cm³/mol. The van der Waals surface area contributed by atoms with E-state index in [0.29, 0.717) is 16.5 Å². The summed E-state index contributed by atoms with van der Waals surface area (Å²) in [5, 5.41) is 0.339. The monoisotopic (exact) mass is 184 g/mol. The van der Waals surface area contributed by atoms with Crippen molar-refractivity contribution in [2.45, 2.75) is 6.92 Å². The van der Waals surface area contributed by atoms with Gasteiger partial charge in [0, 0.05) is 12.8 Å². The van der Waals surface area contributed by atoms with Crippen LogP contribution in [0.15, 0.2) is 11.3 Å². The number of nitrogens with two attached hydrogens (primary N) is 1. The van der Waals surface area contributed by atoms with Crippen LogP contribution in [-0.4, -0.2) is 22.7 Å². The van der Waals surface area contributed by atoms with Crippen molar-refractivity contribution in [3.63, 3.8) is 0 Å². The maximum atomic E-state index is 5.79. The van der Waals surface area contributed by atoms with E-state index in [1.54, 1.807) is 14.0 Å². The second-order valence-electron chi connectivity index (χ2n) is 2.23. The highest BCUT2D eigenvalue weighted by Crippen LogP contribution is 2.17. The molecule has 64 valence electrons. The molecule has 0 amide bonds. The van der Waals surface area contributed by atoms with Crippen LogP contribution < -0.4 is 5.73 Å². The second kappa shape index (κ2) is 3.49. The Morgan fingerprint density at radius 3 is 2.75 bits per heavy atom. The van der Waals surface area contributed by atoms with Gasteiger partial charge in [0.2, 0.25) is 0 Å². The molecule has 0 aromatic carbocycles. The molecular formula is C7H9ClN4. The van der Waals surface area contributed by atoms with Crippen molar-refractivity contribution < 1.29 is 0 Å². The number of hydrogen-bond acceptors (Lipinski definition) is 4. The van der Waals surface area contributed by atoms with Gasteiger partial charge in [0.25, 0.3) is 0 Å². The first-order valence-corrected chi connectivity index (χ1v) is 3.74. The first-order valence-electron chi connectivity index (χ1n) is 3.36. The Morgan fingerprint density at radius 1 is 1.58 bits per heavy atom. The summed E-state index contributed by atoms with van der Waals surface area (Å²) in [4.78, 5) is 11.6. The van der Waals surface area contributed by atoms with Gasteiger partial charge in [-0.2, -0.15) is 0 Å². The molecule has 5 heteroatoms. The second-order valence-corrected chi connectivity index (χ2v) is 2.59. The van der Waals surface area contributed by atoms with Gasteiger partial charge in [0.05, 0.1) is 5.56 Å². The zero-order valence-electron chi connectivity index (χ0n) is 6.87. The van der Waals surface area contributed by atoms with Crippen LogP contribution in [0.1, 0.15) is 12.5 Å². The van der Waals surface area contributed by atoms with E-state index in [1.165, 1.54) is 6.33 Å². The summed E-state index contributed by atoms with van der Waals surface area (Å²) in [6, 6.07) is 0. The van der Waals surface area contributed by atoms with Gasteiger partial charge in [-0.25, -0.2) is 9.97 Å². The third-order valence-corrected chi connectivity index (χ3v) is 1.81. The minimum atomic E-state index is 0.339. The summed E-state index contributed by atoms with van der Waals surface area (Å²) in [5.74, 6) is 0.359. The molecule has 12 heavy (non-hydrogen) atoms. The van der Waals surface area contributed by atoms with Crippen LogP contribution in [0.3, 0.4) is 0 Å². The van der Waals surface area contributed by atoms with E-state index < -0.39 is 0 Å².